The molecule has 0 aliphatic heterocycles. The van der Waals surface area contributed by atoms with Crippen LogP contribution in [0.4, 0.5) is 0 Å². The number of carbonyl (C=O) groups is 1. The van der Waals surface area contributed by atoms with Gasteiger partial charge in [-0.3, -0.25) is 4.79 Å². The molecule has 0 unspecified atom stereocenters. The van der Waals surface area contributed by atoms with Crippen LogP contribution in [0.1, 0.15) is 32.3 Å². The zero-order chi connectivity index (χ0) is 15.2. The first-order valence-electron chi connectivity index (χ1n) is 7.45. The van der Waals surface area contributed by atoms with Crippen LogP contribution in [0, 0.1) is 0 Å². The van der Waals surface area contributed by atoms with E-state index >= 15 is 0 Å². The van der Waals surface area contributed by atoms with Crippen LogP contribution in [0.5, 0.6) is 5.75 Å². The summed E-state index contributed by atoms with van der Waals surface area (Å²) in [5.74, 6) is 0.996. The molecule has 0 spiro atoms. The third-order valence-corrected chi connectivity index (χ3v) is 3.48. The normalized spacial score (nSPS) is 10.9. The summed E-state index contributed by atoms with van der Waals surface area (Å²) < 4.78 is 5.30. The Balaban J connectivity index is 2.06. The van der Waals surface area contributed by atoms with Crippen molar-refractivity contribution in [1.82, 2.24) is 5.32 Å². The van der Waals surface area contributed by atoms with Crippen LogP contribution >= 0.6 is 0 Å². The second kappa shape index (κ2) is 7.11. The number of ether oxygens (including phenoxy) is 1. The first kappa shape index (κ1) is 15.4. The number of hydrogen-bond acceptors (Lipinski definition) is 2. The van der Waals surface area contributed by atoms with E-state index in [1.165, 1.54) is 16.3 Å². The number of aryl methyl sites for hydroxylation is 1. The molecule has 2 aromatic rings. The number of rotatable bonds is 6. The van der Waals surface area contributed by atoms with Crippen molar-refractivity contribution in [3.63, 3.8) is 0 Å². The summed E-state index contributed by atoms with van der Waals surface area (Å²) >= 11 is 0. The Kier molecular flexibility index (Phi) is 5.20. The number of carbonyl (C=O) groups excluding carboxylic acids is 1. The van der Waals surface area contributed by atoms with Crippen molar-refractivity contribution < 1.29 is 9.53 Å². The van der Waals surface area contributed by atoms with Crippen molar-refractivity contribution in [2.24, 2.45) is 0 Å². The Morgan fingerprint density at radius 3 is 2.76 bits per heavy atom. The topological polar surface area (TPSA) is 38.3 Å². The van der Waals surface area contributed by atoms with Crippen LogP contribution in [-0.2, 0) is 11.2 Å². The zero-order valence-corrected chi connectivity index (χ0v) is 13.0. The molecule has 0 bridgehead atoms. The molecule has 0 aliphatic rings. The van der Waals surface area contributed by atoms with Gasteiger partial charge in [0.15, 0.2) is 0 Å². The summed E-state index contributed by atoms with van der Waals surface area (Å²) in [6.07, 6.45) is 2.32. The van der Waals surface area contributed by atoms with Crippen molar-refractivity contribution in [3.8, 4) is 5.75 Å². The van der Waals surface area contributed by atoms with E-state index in [4.69, 9.17) is 4.74 Å². The molecule has 0 aromatic heterocycles. The first-order valence-corrected chi connectivity index (χ1v) is 7.45. The number of methoxy groups -OCH3 is 1. The number of amides is 1. The lowest BCUT2D eigenvalue weighted by atomic mass is 10.00. The fourth-order valence-corrected chi connectivity index (χ4v) is 2.50. The van der Waals surface area contributed by atoms with Gasteiger partial charge in [0.1, 0.15) is 5.75 Å². The molecule has 2 aromatic carbocycles. The Bertz CT molecular complexity index is 620. The molecule has 0 saturated heterocycles. The van der Waals surface area contributed by atoms with E-state index < -0.39 is 0 Å². The number of fused-ring (bicyclic) bond motifs is 1. The molecule has 0 saturated carbocycles. The van der Waals surface area contributed by atoms with Gasteiger partial charge in [0.2, 0.25) is 5.91 Å². The average molecular weight is 285 g/mol. The minimum atomic E-state index is 0.128. The van der Waals surface area contributed by atoms with Gasteiger partial charge in [-0.25, -0.2) is 0 Å². The van der Waals surface area contributed by atoms with Crippen molar-refractivity contribution in [2.75, 3.05) is 7.11 Å². The van der Waals surface area contributed by atoms with E-state index in [0.717, 1.165) is 18.6 Å². The summed E-state index contributed by atoms with van der Waals surface area (Å²) in [5.41, 5.74) is 1.27. The Morgan fingerprint density at radius 2 is 2.05 bits per heavy atom. The molecule has 112 valence electrons. The summed E-state index contributed by atoms with van der Waals surface area (Å²) in [6.45, 7) is 3.96. The van der Waals surface area contributed by atoms with Crippen LogP contribution < -0.4 is 10.1 Å². The van der Waals surface area contributed by atoms with E-state index in [0.29, 0.717) is 6.42 Å². The fraction of sp³-hybridized carbons (Fsp3) is 0.389. The molecule has 2 rings (SSSR count). The van der Waals surface area contributed by atoms with E-state index in [2.05, 4.69) is 35.6 Å². The maximum Gasteiger partial charge on any atom is 0.220 e. The second-order valence-corrected chi connectivity index (χ2v) is 5.58. The largest absolute Gasteiger partial charge is 0.497 e. The molecule has 3 heteroatoms. The van der Waals surface area contributed by atoms with Crippen molar-refractivity contribution >= 4 is 16.7 Å². The third-order valence-electron chi connectivity index (χ3n) is 3.48. The highest BCUT2D eigenvalue weighted by Gasteiger charge is 2.06. The minimum absolute atomic E-state index is 0.128. The van der Waals surface area contributed by atoms with E-state index in [1.54, 1.807) is 7.11 Å². The number of nitrogens with one attached hydrogen (secondary N) is 1. The van der Waals surface area contributed by atoms with Gasteiger partial charge in [-0.15, -0.1) is 0 Å². The van der Waals surface area contributed by atoms with Crippen molar-refractivity contribution in [1.29, 1.82) is 0 Å². The SMILES string of the molecule is COc1ccc2cccc(CCCC(=O)NC(C)C)c2c1. The molecule has 0 heterocycles. The van der Waals surface area contributed by atoms with Gasteiger partial charge < -0.3 is 10.1 Å². The zero-order valence-electron chi connectivity index (χ0n) is 13.0. The van der Waals surface area contributed by atoms with Crippen LogP contribution in [0.15, 0.2) is 36.4 Å². The molecular weight excluding hydrogens is 262 g/mol. The molecule has 0 atom stereocenters. The molecule has 3 nitrogen and oxygen atoms in total. The first-order chi connectivity index (χ1) is 10.1. The lowest BCUT2D eigenvalue weighted by Crippen LogP contribution is -2.29. The summed E-state index contributed by atoms with van der Waals surface area (Å²) in [5, 5.41) is 5.34. The Labute approximate surface area is 126 Å². The lowest BCUT2D eigenvalue weighted by molar-refractivity contribution is -0.121. The van der Waals surface area contributed by atoms with Gasteiger partial charge in [-0.2, -0.15) is 0 Å². The summed E-state index contributed by atoms with van der Waals surface area (Å²) in [4.78, 5) is 11.7. The highest BCUT2D eigenvalue weighted by Crippen LogP contribution is 2.25. The molecule has 0 fully saturated rings. The van der Waals surface area contributed by atoms with Gasteiger partial charge in [-0.05, 0) is 55.2 Å². The van der Waals surface area contributed by atoms with Crippen molar-refractivity contribution in [2.45, 2.75) is 39.2 Å². The van der Waals surface area contributed by atoms with Crippen LogP contribution in [0.25, 0.3) is 10.8 Å². The maximum atomic E-state index is 11.7. The highest BCUT2D eigenvalue weighted by molar-refractivity contribution is 5.87. The second-order valence-electron chi connectivity index (χ2n) is 5.58. The molecule has 0 radical (unpaired) electrons. The number of hydrogen-bond donors (Lipinski definition) is 1. The van der Waals surface area contributed by atoms with Crippen molar-refractivity contribution in [3.05, 3.63) is 42.0 Å². The lowest BCUT2D eigenvalue weighted by Gasteiger charge is -2.10. The summed E-state index contributed by atoms with van der Waals surface area (Å²) in [6, 6.07) is 12.6. The molecule has 21 heavy (non-hydrogen) atoms. The van der Waals surface area contributed by atoms with E-state index in [-0.39, 0.29) is 11.9 Å². The monoisotopic (exact) mass is 285 g/mol. The average Bonchev–Trinajstić information content (AvgIpc) is 2.46. The predicted molar refractivity (Wildman–Crippen MR) is 86.7 cm³/mol. The molecule has 1 amide bonds. The van der Waals surface area contributed by atoms with Crippen LogP contribution in [-0.4, -0.2) is 19.1 Å². The van der Waals surface area contributed by atoms with E-state index in [9.17, 15) is 4.79 Å². The maximum absolute atomic E-state index is 11.7. The van der Waals surface area contributed by atoms with Gasteiger partial charge in [0.25, 0.3) is 0 Å². The van der Waals surface area contributed by atoms with Crippen LogP contribution in [0.2, 0.25) is 0 Å². The van der Waals surface area contributed by atoms with Gasteiger partial charge in [0, 0.05) is 12.5 Å². The Morgan fingerprint density at radius 1 is 1.24 bits per heavy atom. The minimum Gasteiger partial charge on any atom is -0.497 e. The van der Waals surface area contributed by atoms with E-state index in [1.807, 2.05) is 19.9 Å². The van der Waals surface area contributed by atoms with Gasteiger partial charge in [-0.1, -0.05) is 24.3 Å². The molecular formula is C18H23NO2. The quantitative estimate of drug-likeness (QED) is 0.879. The Hall–Kier alpha value is -2.03. The predicted octanol–water partition coefficient (Wildman–Crippen LogP) is 3.70. The van der Waals surface area contributed by atoms with Crippen LogP contribution in [0.3, 0.4) is 0 Å². The van der Waals surface area contributed by atoms with Gasteiger partial charge in [0.05, 0.1) is 7.11 Å². The standard InChI is InChI=1S/C18H23NO2/c1-13(2)19-18(20)9-5-8-14-6-4-7-15-10-11-16(21-3)12-17(14)15/h4,6-7,10-13H,5,8-9H2,1-3H3,(H,19,20). The van der Waals surface area contributed by atoms with Gasteiger partial charge >= 0.3 is 0 Å². The number of benzene rings is 2. The molecule has 1 N–H and O–H groups in total. The third kappa shape index (κ3) is 4.22. The summed E-state index contributed by atoms with van der Waals surface area (Å²) in [7, 11) is 1.68. The molecule has 0 aliphatic carbocycles. The fourth-order valence-electron chi connectivity index (χ4n) is 2.50. The highest BCUT2D eigenvalue weighted by atomic mass is 16.5. The smallest absolute Gasteiger partial charge is 0.220 e.